The molecule has 43 heavy (non-hydrogen) atoms. The molecular formula is C35H39ClF2N2O3. The van der Waals surface area contributed by atoms with Gasteiger partial charge in [0.1, 0.15) is 11.3 Å². The Labute approximate surface area is 257 Å². The molecule has 228 valence electrons. The number of esters is 1. The monoisotopic (exact) mass is 608 g/mol. The van der Waals surface area contributed by atoms with Gasteiger partial charge in [0.15, 0.2) is 0 Å². The first-order chi connectivity index (χ1) is 20.7. The summed E-state index contributed by atoms with van der Waals surface area (Å²) in [7, 11) is 1.44. The number of fused-ring (bicyclic) bond motifs is 3. The molecule has 1 N–H and O–H groups in total. The molecule has 3 aliphatic carbocycles. The van der Waals surface area contributed by atoms with E-state index in [2.05, 4.69) is 41.5 Å². The highest BCUT2D eigenvalue weighted by Crippen LogP contribution is 2.56. The summed E-state index contributed by atoms with van der Waals surface area (Å²) in [6.45, 7) is 2.50. The number of carbonyl (C=O) groups excluding carboxylic acids is 1. The van der Waals surface area contributed by atoms with Crippen molar-refractivity contribution in [3.05, 3.63) is 88.2 Å². The number of rotatable bonds is 8. The number of hydrogen-bond donors (Lipinski definition) is 1. The average molecular weight is 609 g/mol. The molecule has 2 aromatic carbocycles. The molecule has 2 atom stereocenters. The van der Waals surface area contributed by atoms with Crippen molar-refractivity contribution in [2.24, 2.45) is 11.8 Å². The predicted molar refractivity (Wildman–Crippen MR) is 164 cm³/mol. The standard InChI is InChI=1S/C35H39ClF2N2O3/c1-23(22-43-30-12-18-39-29-11-6-13-35(37,38)31(29)30)19-25-20-24-7-3-4-10-28(24)33(25)14-16-34(17-15-33,32(41)42-2)40-27-9-5-8-26(36)21-27/h3-5,7-10,12,18,21,23,25,40H,6,11,13-17,19-20,22H2,1-2H3/t23-,25?,33?,34?/m1/s1. The minimum atomic E-state index is -2.91. The third-order valence-corrected chi connectivity index (χ3v) is 10.3. The number of methoxy groups -OCH3 is 1. The van der Waals surface area contributed by atoms with E-state index in [1.54, 1.807) is 12.3 Å². The lowest BCUT2D eigenvalue weighted by Crippen LogP contribution is -2.53. The highest BCUT2D eigenvalue weighted by molar-refractivity contribution is 6.30. The number of benzene rings is 2. The predicted octanol–water partition coefficient (Wildman–Crippen LogP) is 8.28. The smallest absolute Gasteiger partial charge is 0.331 e. The van der Waals surface area contributed by atoms with E-state index in [1.807, 2.05) is 24.3 Å². The zero-order valence-electron chi connectivity index (χ0n) is 24.8. The van der Waals surface area contributed by atoms with Gasteiger partial charge in [-0.1, -0.05) is 48.9 Å². The summed E-state index contributed by atoms with van der Waals surface area (Å²) in [5.74, 6) is -2.42. The Morgan fingerprint density at radius 2 is 1.88 bits per heavy atom. The van der Waals surface area contributed by atoms with Crippen LogP contribution in [0.15, 0.2) is 60.8 Å². The van der Waals surface area contributed by atoms with E-state index in [-0.39, 0.29) is 35.0 Å². The van der Waals surface area contributed by atoms with E-state index in [4.69, 9.17) is 21.1 Å². The lowest BCUT2D eigenvalue weighted by molar-refractivity contribution is -0.148. The highest BCUT2D eigenvalue weighted by Gasteiger charge is 2.54. The van der Waals surface area contributed by atoms with Gasteiger partial charge in [0.2, 0.25) is 0 Å². The van der Waals surface area contributed by atoms with Crippen molar-refractivity contribution in [1.82, 2.24) is 4.98 Å². The summed E-state index contributed by atoms with van der Waals surface area (Å²) in [4.78, 5) is 17.5. The first-order valence-corrected chi connectivity index (χ1v) is 15.7. The van der Waals surface area contributed by atoms with Crippen LogP contribution in [0.3, 0.4) is 0 Å². The molecule has 3 aromatic rings. The normalized spacial score (nSPS) is 26.3. The van der Waals surface area contributed by atoms with Gasteiger partial charge in [0, 0.05) is 23.3 Å². The summed E-state index contributed by atoms with van der Waals surface area (Å²) in [6.07, 6.45) is 7.16. The maximum absolute atomic E-state index is 14.8. The molecule has 1 spiro atoms. The third-order valence-electron chi connectivity index (χ3n) is 10.1. The Hall–Kier alpha value is -3.19. The Morgan fingerprint density at radius 3 is 2.65 bits per heavy atom. The van der Waals surface area contributed by atoms with E-state index in [0.717, 1.165) is 31.4 Å². The highest BCUT2D eigenvalue weighted by atomic mass is 35.5. The number of aryl methyl sites for hydroxylation is 1. The first-order valence-electron chi connectivity index (χ1n) is 15.4. The van der Waals surface area contributed by atoms with Gasteiger partial charge in [-0.25, -0.2) is 13.6 Å². The Bertz CT molecular complexity index is 1490. The number of pyridine rings is 1. The van der Waals surface area contributed by atoms with Gasteiger partial charge >= 0.3 is 5.97 Å². The van der Waals surface area contributed by atoms with Crippen LogP contribution < -0.4 is 10.1 Å². The van der Waals surface area contributed by atoms with Gasteiger partial charge in [-0.2, -0.15) is 0 Å². The molecule has 0 aliphatic heterocycles. The fourth-order valence-electron chi connectivity index (χ4n) is 7.97. The first kappa shape index (κ1) is 29.9. The molecule has 3 aliphatic rings. The maximum atomic E-state index is 14.8. The van der Waals surface area contributed by atoms with Gasteiger partial charge in [0.05, 0.1) is 25.0 Å². The van der Waals surface area contributed by atoms with Crippen molar-refractivity contribution in [2.75, 3.05) is 19.0 Å². The molecule has 0 saturated heterocycles. The van der Waals surface area contributed by atoms with E-state index in [1.165, 1.54) is 18.2 Å². The molecule has 0 bridgehead atoms. The van der Waals surface area contributed by atoms with Crippen LogP contribution in [0, 0.1) is 11.8 Å². The number of carbonyl (C=O) groups is 1. The molecule has 6 rings (SSSR count). The van der Waals surface area contributed by atoms with Crippen LogP contribution in [0.2, 0.25) is 5.02 Å². The minimum Gasteiger partial charge on any atom is -0.493 e. The zero-order chi connectivity index (χ0) is 30.2. The summed E-state index contributed by atoms with van der Waals surface area (Å²) >= 11 is 6.25. The van der Waals surface area contributed by atoms with Crippen molar-refractivity contribution in [2.45, 2.75) is 81.6 Å². The van der Waals surface area contributed by atoms with Crippen LogP contribution >= 0.6 is 11.6 Å². The molecule has 0 radical (unpaired) electrons. The summed E-state index contributed by atoms with van der Waals surface area (Å²) in [5, 5.41) is 4.10. The van der Waals surface area contributed by atoms with E-state index in [9.17, 15) is 13.6 Å². The van der Waals surface area contributed by atoms with Crippen LogP contribution in [0.5, 0.6) is 5.75 Å². The quantitative estimate of drug-likeness (QED) is 0.261. The van der Waals surface area contributed by atoms with E-state index < -0.39 is 11.5 Å². The second-order valence-corrected chi connectivity index (χ2v) is 13.2. The molecule has 8 heteroatoms. The SMILES string of the molecule is COC(=O)C1(Nc2cccc(Cl)c2)CCC2(CC1)c1ccccc1CC2C[C@@H](C)COc1ccnc2c1C(F)(F)CCC2. The van der Waals surface area contributed by atoms with Crippen LogP contribution in [-0.4, -0.2) is 30.2 Å². The second kappa shape index (κ2) is 11.7. The number of nitrogens with one attached hydrogen (secondary N) is 1. The lowest BCUT2D eigenvalue weighted by Gasteiger charge is -2.47. The van der Waals surface area contributed by atoms with E-state index in [0.29, 0.717) is 48.9 Å². The average Bonchev–Trinajstić information content (AvgIpc) is 3.29. The van der Waals surface area contributed by atoms with Crippen molar-refractivity contribution in [3.8, 4) is 5.75 Å². The molecule has 1 saturated carbocycles. The third kappa shape index (κ3) is 5.61. The number of anilines is 1. The number of alkyl halides is 2. The number of halogens is 3. The van der Waals surface area contributed by atoms with Crippen molar-refractivity contribution < 1.29 is 23.0 Å². The molecule has 1 unspecified atom stereocenters. The number of hydrogen-bond acceptors (Lipinski definition) is 5. The number of ether oxygens (including phenoxy) is 2. The topological polar surface area (TPSA) is 60.5 Å². The van der Waals surface area contributed by atoms with E-state index >= 15 is 0 Å². The fraction of sp³-hybridized carbons (Fsp3) is 0.486. The largest absolute Gasteiger partial charge is 0.493 e. The van der Waals surface area contributed by atoms with Gasteiger partial charge in [0.25, 0.3) is 5.92 Å². The summed E-state index contributed by atoms with van der Waals surface area (Å²) in [5.41, 5.74) is 3.03. The van der Waals surface area contributed by atoms with Crippen LogP contribution in [0.1, 0.15) is 74.3 Å². The van der Waals surface area contributed by atoms with Gasteiger partial charge in [-0.05, 0) is 104 Å². The number of aromatic nitrogens is 1. The lowest BCUT2D eigenvalue weighted by atomic mass is 9.59. The summed E-state index contributed by atoms with van der Waals surface area (Å²) in [6, 6.07) is 17.7. The molecule has 1 heterocycles. The molecule has 1 aromatic heterocycles. The fourth-order valence-corrected chi connectivity index (χ4v) is 8.16. The van der Waals surface area contributed by atoms with Crippen LogP contribution in [0.25, 0.3) is 0 Å². The second-order valence-electron chi connectivity index (χ2n) is 12.8. The van der Waals surface area contributed by atoms with Crippen molar-refractivity contribution in [1.29, 1.82) is 0 Å². The van der Waals surface area contributed by atoms with Gasteiger partial charge < -0.3 is 14.8 Å². The van der Waals surface area contributed by atoms with Gasteiger partial charge in [-0.3, -0.25) is 4.98 Å². The van der Waals surface area contributed by atoms with Crippen molar-refractivity contribution >= 4 is 23.3 Å². The minimum absolute atomic E-state index is 0.0307. The Morgan fingerprint density at radius 1 is 1.09 bits per heavy atom. The summed E-state index contributed by atoms with van der Waals surface area (Å²) < 4.78 is 41.1. The Kier molecular flexibility index (Phi) is 8.14. The van der Waals surface area contributed by atoms with Crippen molar-refractivity contribution in [3.63, 3.8) is 0 Å². The van der Waals surface area contributed by atoms with Crippen LogP contribution in [0.4, 0.5) is 14.5 Å². The number of nitrogens with zero attached hydrogens (tertiary/aromatic N) is 1. The van der Waals surface area contributed by atoms with Crippen LogP contribution in [-0.2, 0) is 33.7 Å². The molecule has 1 fully saturated rings. The zero-order valence-corrected chi connectivity index (χ0v) is 25.6. The molecular weight excluding hydrogens is 570 g/mol. The maximum Gasteiger partial charge on any atom is 0.331 e. The van der Waals surface area contributed by atoms with Gasteiger partial charge in [-0.15, -0.1) is 0 Å². The molecule has 0 amide bonds. The Balaban J connectivity index is 1.21. The molecule has 5 nitrogen and oxygen atoms in total.